The summed E-state index contributed by atoms with van der Waals surface area (Å²) < 4.78 is 11.9. The first kappa shape index (κ1) is 29.5. The molecule has 8 aromatic carbocycles. The van der Waals surface area contributed by atoms with E-state index in [0.717, 1.165) is 50.1 Å². The number of fused-ring (bicyclic) bond motifs is 9. The van der Waals surface area contributed by atoms with Gasteiger partial charge >= 0.3 is 0 Å². The third-order valence-electron chi connectivity index (χ3n) is 10.3. The number of thiophene rings is 2. The van der Waals surface area contributed by atoms with Gasteiger partial charge in [0.1, 0.15) is 11.2 Å². The van der Waals surface area contributed by atoms with E-state index >= 15 is 0 Å². The number of anilines is 3. The second kappa shape index (κ2) is 11.7. The smallest absolute Gasteiger partial charge is 0.145 e. The van der Waals surface area contributed by atoms with Crippen LogP contribution in [0.2, 0.25) is 0 Å². The summed E-state index contributed by atoms with van der Waals surface area (Å²) in [7, 11) is 0. The molecule has 0 aliphatic heterocycles. The summed E-state index contributed by atoms with van der Waals surface area (Å²) in [6, 6.07) is 63.6. The minimum Gasteiger partial charge on any atom is -0.455 e. The Morgan fingerprint density at radius 3 is 1.77 bits per heavy atom. The molecule has 0 saturated heterocycles. The number of hydrogen-bond acceptors (Lipinski definition) is 4. The zero-order valence-corrected chi connectivity index (χ0v) is 29.5. The second-order valence-electron chi connectivity index (χ2n) is 13.2. The highest BCUT2D eigenvalue weighted by Crippen LogP contribution is 2.49. The van der Waals surface area contributed by atoms with E-state index in [-0.39, 0.29) is 0 Å². The molecular formula is C48H29NOS2. The van der Waals surface area contributed by atoms with Gasteiger partial charge in [-0.25, -0.2) is 0 Å². The van der Waals surface area contributed by atoms with Crippen molar-refractivity contribution < 1.29 is 4.42 Å². The van der Waals surface area contributed by atoms with Gasteiger partial charge in [-0.3, -0.25) is 0 Å². The Bertz CT molecular complexity index is 3130. The topological polar surface area (TPSA) is 16.4 Å². The van der Waals surface area contributed by atoms with Crippen LogP contribution in [0.1, 0.15) is 0 Å². The Balaban J connectivity index is 1.23. The molecule has 2 nitrogen and oxygen atoms in total. The molecule has 3 aromatic heterocycles. The fourth-order valence-corrected chi connectivity index (χ4v) is 10.1. The Kier molecular flexibility index (Phi) is 6.63. The third-order valence-corrected chi connectivity index (χ3v) is 12.6. The summed E-state index contributed by atoms with van der Waals surface area (Å²) in [6.07, 6.45) is 0. The Labute approximate surface area is 308 Å². The number of furan rings is 1. The van der Waals surface area contributed by atoms with E-state index in [1.54, 1.807) is 0 Å². The molecule has 0 bridgehead atoms. The maximum Gasteiger partial charge on any atom is 0.145 e. The number of rotatable bonds is 5. The molecule has 0 aliphatic rings. The number of para-hydroxylation sites is 1. The normalized spacial score (nSPS) is 11.8. The van der Waals surface area contributed by atoms with Crippen molar-refractivity contribution in [3.05, 3.63) is 176 Å². The molecule has 0 spiro atoms. The molecule has 0 aliphatic carbocycles. The predicted octanol–water partition coefficient (Wildman–Crippen LogP) is 15.1. The summed E-state index contributed by atoms with van der Waals surface area (Å²) in [5.41, 5.74) is 9.78. The second-order valence-corrected chi connectivity index (χ2v) is 15.4. The van der Waals surface area contributed by atoms with Gasteiger partial charge in [0.15, 0.2) is 0 Å². The van der Waals surface area contributed by atoms with Crippen molar-refractivity contribution in [1.29, 1.82) is 0 Å². The minimum atomic E-state index is 0.883. The van der Waals surface area contributed by atoms with Gasteiger partial charge in [0.05, 0.1) is 11.1 Å². The molecule has 0 atom stereocenters. The average molecular weight is 700 g/mol. The largest absolute Gasteiger partial charge is 0.455 e. The Morgan fingerprint density at radius 1 is 0.385 bits per heavy atom. The van der Waals surface area contributed by atoms with Gasteiger partial charge in [0.25, 0.3) is 0 Å². The van der Waals surface area contributed by atoms with Crippen LogP contribution in [0.4, 0.5) is 17.1 Å². The highest BCUT2D eigenvalue weighted by molar-refractivity contribution is 7.26. The number of benzene rings is 8. The maximum absolute atomic E-state index is 6.77. The van der Waals surface area contributed by atoms with Crippen LogP contribution in [-0.4, -0.2) is 0 Å². The summed E-state index contributed by atoms with van der Waals surface area (Å²) >= 11 is 3.71. The summed E-state index contributed by atoms with van der Waals surface area (Å²) in [5, 5.41) is 7.32. The molecule has 0 unspecified atom stereocenters. The molecule has 4 heteroatoms. The van der Waals surface area contributed by atoms with Crippen LogP contribution in [0.5, 0.6) is 0 Å². The van der Waals surface area contributed by atoms with E-state index < -0.39 is 0 Å². The molecule has 52 heavy (non-hydrogen) atoms. The van der Waals surface area contributed by atoms with Crippen molar-refractivity contribution in [3.8, 4) is 22.3 Å². The summed E-state index contributed by atoms with van der Waals surface area (Å²) in [5.74, 6) is 0. The highest BCUT2D eigenvalue weighted by Gasteiger charge is 2.23. The van der Waals surface area contributed by atoms with Crippen molar-refractivity contribution >= 4 is 102 Å². The van der Waals surface area contributed by atoms with E-state index in [1.807, 2.05) is 22.7 Å². The van der Waals surface area contributed by atoms with E-state index in [9.17, 15) is 0 Å². The van der Waals surface area contributed by atoms with E-state index in [0.29, 0.717) is 0 Å². The SMILES string of the molecule is c1ccc(-c2ccc(N(c3ccc4sc5ccccc5c4c3)c3ccc4sc5cccc(-c6ccccc6)c5c4c3)c3c2oc2ccccc23)cc1. The maximum atomic E-state index is 6.77. The molecule has 0 radical (unpaired) electrons. The third kappa shape index (κ3) is 4.55. The van der Waals surface area contributed by atoms with Gasteiger partial charge in [-0.15, -0.1) is 22.7 Å². The first-order valence-electron chi connectivity index (χ1n) is 17.5. The molecule has 244 valence electrons. The van der Waals surface area contributed by atoms with Gasteiger partial charge in [0, 0.05) is 62.7 Å². The molecule has 0 fully saturated rings. The van der Waals surface area contributed by atoms with Crippen molar-refractivity contribution in [1.82, 2.24) is 0 Å². The van der Waals surface area contributed by atoms with Gasteiger partial charge in [-0.2, -0.15) is 0 Å². The first-order valence-corrected chi connectivity index (χ1v) is 19.1. The average Bonchev–Trinajstić information content (AvgIpc) is 3.90. The van der Waals surface area contributed by atoms with E-state index in [2.05, 4.69) is 181 Å². The van der Waals surface area contributed by atoms with E-state index in [1.165, 1.54) is 51.5 Å². The van der Waals surface area contributed by atoms with Gasteiger partial charge < -0.3 is 9.32 Å². The zero-order chi connectivity index (χ0) is 34.2. The lowest BCUT2D eigenvalue weighted by atomic mass is 9.98. The summed E-state index contributed by atoms with van der Waals surface area (Å²) in [6.45, 7) is 0. The van der Waals surface area contributed by atoms with Crippen molar-refractivity contribution in [2.45, 2.75) is 0 Å². The molecular weight excluding hydrogens is 671 g/mol. The van der Waals surface area contributed by atoms with Crippen LogP contribution < -0.4 is 4.90 Å². The van der Waals surface area contributed by atoms with Crippen LogP contribution >= 0.6 is 22.7 Å². The van der Waals surface area contributed by atoms with Crippen molar-refractivity contribution in [3.63, 3.8) is 0 Å². The molecule has 0 N–H and O–H groups in total. The van der Waals surface area contributed by atoms with Gasteiger partial charge in [0.2, 0.25) is 0 Å². The fraction of sp³-hybridized carbons (Fsp3) is 0. The lowest BCUT2D eigenvalue weighted by Crippen LogP contribution is -2.10. The lowest BCUT2D eigenvalue weighted by molar-refractivity contribution is 0.670. The standard InChI is InChI=1S/C48H29NOS2/c1-3-12-30(13-4-1)34-18-11-21-45-46(34)39-29-33(23-27-44(39)52-45)49(32-22-26-43-38(28-32)36-16-8-10-20-42(36)51-43)40-25-24-35(31-14-5-2-6-15-31)48-47(40)37-17-7-9-19-41(37)50-48/h1-29H. The quantitative estimate of drug-likeness (QED) is 0.178. The monoisotopic (exact) mass is 699 g/mol. The molecule has 11 aromatic rings. The zero-order valence-electron chi connectivity index (χ0n) is 27.9. The van der Waals surface area contributed by atoms with Crippen LogP contribution in [0.3, 0.4) is 0 Å². The molecule has 3 heterocycles. The van der Waals surface area contributed by atoms with Crippen LogP contribution in [0.25, 0.3) is 84.5 Å². The molecule has 0 amide bonds. The van der Waals surface area contributed by atoms with Crippen LogP contribution in [-0.2, 0) is 0 Å². The van der Waals surface area contributed by atoms with Gasteiger partial charge in [-0.05, 0) is 83.4 Å². The first-order chi connectivity index (χ1) is 25.8. The lowest BCUT2D eigenvalue weighted by Gasteiger charge is -2.27. The Hall–Kier alpha value is -6.20. The van der Waals surface area contributed by atoms with Crippen LogP contribution in [0.15, 0.2) is 180 Å². The number of nitrogens with zero attached hydrogens (tertiary/aromatic N) is 1. The molecule has 11 rings (SSSR count). The van der Waals surface area contributed by atoms with Crippen molar-refractivity contribution in [2.75, 3.05) is 4.90 Å². The minimum absolute atomic E-state index is 0.883. The highest BCUT2D eigenvalue weighted by atomic mass is 32.1. The predicted molar refractivity (Wildman–Crippen MR) is 225 cm³/mol. The van der Waals surface area contributed by atoms with Gasteiger partial charge in [-0.1, -0.05) is 109 Å². The van der Waals surface area contributed by atoms with Crippen molar-refractivity contribution in [2.24, 2.45) is 0 Å². The van der Waals surface area contributed by atoms with Crippen LogP contribution in [0, 0.1) is 0 Å². The molecule has 0 saturated carbocycles. The Morgan fingerprint density at radius 2 is 0.981 bits per heavy atom. The number of hydrogen-bond donors (Lipinski definition) is 0. The fourth-order valence-electron chi connectivity index (χ4n) is 7.93. The summed E-state index contributed by atoms with van der Waals surface area (Å²) in [4.78, 5) is 2.44. The van der Waals surface area contributed by atoms with E-state index in [4.69, 9.17) is 4.42 Å².